The SMILES string of the molecule is [CH+]=C/C=C/C=C/C. The lowest BCUT2D eigenvalue weighted by Gasteiger charge is -1.58. The maximum Gasteiger partial charge on any atom is 0.151 e. The lowest BCUT2D eigenvalue weighted by Crippen LogP contribution is -1.43. The summed E-state index contributed by atoms with van der Waals surface area (Å²) < 4.78 is 0. The second kappa shape index (κ2) is 5.13. The van der Waals surface area contributed by atoms with Crippen LogP contribution in [0.25, 0.3) is 0 Å². The molecule has 0 saturated heterocycles. The van der Waals surface area contributed by atoms with Crippen LogP contribution in [0.5, 0.6) is 0 Å². The molecule has 0 aromatic rings. The molecule has 0 fully saturated rings. The first kappa shape index (κ1) is 6.13. The van der Waals surface area contributed by atoms with Gasteiger partial charge >= 0.3 is 0 Å². The average Bonchev–Trinajstić information content (AvgIpc) is 1.69. The summed E-state index contributed by atoms with van der Waals surface area (Å²) in [5.41, 5.74) is 0. The van der Waals surface area contributed by atoms with Crippen molar-refractivity contribution in [3.63, 3.8) is 0 Å². The molecule has 36 valence electrons. The van der Waals surface area contributed by atoms with Gasteiger partial charge in [-0.1, -0.05) is 6.08 Å². The van der Waals surface area contributed by atoms with Crippen molar-refractivity contribution in [3.8, 4) is 0 Å². The van der Waals surface area contributed by atoms with Gasteiger partial charge in [0, 0.05) is 12.7 Å². The molecule has 0 N–H and O–H groups in total. The van der Waals surface area contributed by atoms with Gasteiger partial charge in [0.1, 0.15) is 0 Å². The first-order valence-corrected chi connectivity index (χ1v) is 2.24. The minimum absolute atomic E-state index is 1.50. The van der Waals surface area contributed by atoms with E-state index in [9.17, 15) is 0 Å². The van der Waals surface area contributed by atoms with Crippen molar-refractivity contribution in [2.45, 2.75) is 6.92 Å². The lowest BCUT2D eigenvalue weighted by atomic mass is 10.4. The molecule has 0 radical (unpaired) electrons. The van der Waals surface area contributed by atoms with E-state index in [2.05, 4.69) is 0 Å². The van der Waals surface area contributed by atoms with Crippen LogP contribution in [0.15, 0.2) is 30.4 Å². The first-order valence-electron chi connectivity index (χ1n) is 2.24. The predicted molar refractivity (Wildman–Crippen MR) is 32.8 cm³/mol. The summed E-state index contributed by atoms with van der Waals surface area (Å²) in [4.78, 5) is 0. The molecule has 0 aromatic heterocycles. The smallest absolute Gasteiger partial charge is 0.0859 e. The highest BCUT2D eigenvalue weighted by Gasteiger charge is 1.61. The minimum Gasteiger partial charge on any atom is -0.0859 e. The Balaban J connectivity index is 3.27. The van der Waals surface area contributed by atoms with Crippen molar-refractivity contribution >= 4 is 0 Å². The lowest BCUT2D eigenvalue weighted by molar-refractivity contribution is 1.73. The quantitative estimate of drug-likeness (QED) is 0.362. The second-order valence-electron chi connectivity index (χ2n) is 1.10. The molecule has 0 rings (SSSR count). The summed E-state index contributed by atoms with van der Waals surface area (Å²) in [5, 5.41) is 0. The van der Waals surface area contributed by atoms with E-state index in [-0.39, 0.29) is 0 Å². The van der Waals surface area contributed by atoms with Crippen molar-refractivity contribution in [2.24, 2.45) is 0 Å². The van der Waals surface area contributed by atoms with E-state index >= 15 is 0 Å². The van der Waals surface area contributed by atoms with Crippen LogP contribution in [0.4, 0.5) is 0 Å². The normalized spacial score (nSPS) is 10.9. The van der Waals surface area contributed by atoms with Crippen molar-refractivity contribution in [3.05, 3.63) is 37.0 Å². The maximum absolute atomic E-state index is 5.02. The van der Waals surface area contributed by atoms with E-state index < -0.39 is 0 Å². The van der Waals surface area contributed by atoms with Crippen molar-refractivity contribution < 1.29 is 0 Å². The van der Waals surface area contributed by atoms with E-state index in [1.807, 2.05) is 25.2 Å². The van der Waals surface area contributed by atoms with Crippen molar-refractivity contribution in [2.75, 3.05) is 0 Å². The number of hydrogen-bond acceptors (Lipinski definition) is 0. The highest BCUT2D eigenvalue weighted by atomic mass is 13.6. The fraction of sp³-hybridized carbons (Fsp3) is 0.143. The third kappa shape index (κ3) is 5.13. The molecule has 7 heavy (non-hydrogen) atoms. The highest BCUT2D eigenvalue weighted by molar-refractivity contribution is 5.07. The van der Waals surface area contributed by atoms with Gasteiger partial charge in [-0.25, -0.2) is 0 Å². The number of rotatable bonds is 2. The van der Waals surface area contributed by atoms with Gasteiger partial charge in [-0.2, -0.15) is 0 Å². The maximum atomic E-state index is 5.02. The van der Waals surface area contributed by atoms with Crippen LogP contribution in [0.3, 0.4) is 0 Å². The molecular formula is C7H9+. The standard InChI is InChI=1S/C7H9/c1-3-5-7-6-4-2/h1,3-7H,2H3/q+1/b6-4+,7-5+. The topological polar surface area (TPSA) is 0 Å². The van der Waals surface area contributed by atoms with Gasteiger partial charge in [-0.05, 0) is 13.0 Å². The first-order chi connectivity index (χ1) is 3.41. The summed E-state index contributed by atoms with van der Waals surface area (Å²) in [6.07, 6.45) is 9.02. The summed E-state index contributed by atoms with van der Waals surface area (Å²) in [6, 6.07) is 0. The second-order valence-corrected chi connectivity index (χ2v) is 1.10. The monoisotopic (exact) mass is 93.1 g/mol. The molecule has 0 amide bonds. The minimum atomic E-state index is 1.50. The Bertz CT molecular complexity index is 86.2. The van der Waals surface area contributed by atoms with Crippen LogP contribution in [-0.4, -0.2) is 0 Å². The number of hydrogen-bond donors (Lipinski definition) is 0. The van der Waals surface area contributed by atoms with E-state index in [0.717, 1.165) is 0 Å². The van der Waals surface area contributed by atoms with E-state index in [1.54, 1.807) is 6.08 Å². The molecule has 0 aromatic carbocycles. The fourth-order valence-electron chi connectivity index (χ4n) is 0.239. The molecule has 0 aliphatic heterocycles. The Kier molecular flexibility index (Phi) is 4.49. The van der Waals surface area contributed by atoms with Gasteiger partial charge in [0.15, 0.2) is 6.08 Å². The van der Waals surface area contributed by atoms with Gasteiger partial charge < -0.3 is 0 Å². The molecule has 0 saturated carbocycles. The molecule has 0 atom stereocenters. The van der Waals surface area contributed by atoms with Crippen molar-refractivity contribution in [1.82, 2.24) is 0 Å². The number of allylic oxidation sites excluding steroid dienone is 5. The van der Waals surface area contributed by atoms with Gasteiger partial charge in [-0.15, -0.1) is 0 Å². The fourth-order valence-corrected chi connectivity index (χ4v) is 0.239. The van der Waals surface area contributed by atoms with Crippen LogP contribution >= 0.6 is 0 Å². The zero-order valence-corrected chi connectivity index (χ0v) is 4.46. The van der Waals surface area contributed by atoms with Crippen LogP contribution < -0.4 is 0 Å². The Morgan fingerprint density at radius 2 is 1.86 bits per heavy atom. The Morgan fingerprint density at radius 1 is 1.14 bits per heavy atom. The van der Waals surface area contributed by atoms with Crippen LogP contribution in [0.2, 0.25) is 0 Å². The van der Waals surface area contributed by atoms with Gasteiger partial charge in [-0.3, -0.25) is 0 Å². The summed E-state index contributed by atoms with van der Waals surface area (Å²) in [7, 11) is 0. The Morgan fingerprint density at radius 3 is 2.29 bits per heavy atom. The summed E-state index contributed by atoms with van der Waals surface area (Å²) in [5.74, 6) is 0. The van der Waals surface area contributed by atoms with Crippen LogP contribution in [-0.2, 0) is 0 Å². The van der Waals surface area contributed by atoms with E-state index in [1.165, 1.54) is 6.08 Å². The molecular weight excluding hydrogens is 84.1 g/mol. The molecule has 0 heteroatoms. The molecule has 0 heterocycles. The summed E-state index contributed by atoms with van der Waals surface area (Å²) >= 11 is 0. The van der Waals surface area contributed by atoms with Crippen molar-refractivity contribution in [1.29, 1.82) is 0 Å². The van der Waals surface area contributed by atoms with Crippen LogP contribution in [0.1, 0.15) is 6.92 Å². The molecule has 0 nitrogen and oxygen atoms in total. The third-order valence-electron chi connectivity index (χ3n) is 0.526. The van der Waals surface area contributed by atoms with Gasteiger partial charge in [0.05, 0.1) is 6.08 Å². The zero-order chi connectivity index (χ0) is 5.54. The highest BCUT2D eigenvalue weighted by Crippen LogP contribution is 1.74. The van der Waals surface area contributed by atoms with E-state index in [4.69, 9.17) is 6.58 Å². The summed E-state index contributed by atoms with van der Waals surface area (Å²) in [6.45, 7) is 6.98. The van der Waals surface area contributed by atoms with E-state index in [0.29, 0.717) is 0 Å². The van der Waals surface area contributed by atoms with Crippen LogP contribution in [0, 0.1) is 6.58 Å². The molecule has 0 aliphatic rings. The van der Waals surface area contributed by atoms with Gasteiger partial charge in [0.25, 0.3) is 0 Å². The van der Waals surface area contributed by atoms with Gasteiger partial charge in [0.2, 0.25) is 0 Å². The Labute approximate surface area is 44.9 Å². The molecule has 0 aliphatic carbocycles. The zero-order valence-electron chi connectivity index (χ0n) is 4.46. The Hall–Kier alpha value is -0.870. The average molecular weight is 93.1 g/mol. The largest absolute Gasteiger partial charge is 0.151 e. The third-order valence-corrected chi connectivity index (χ3v) is 0.526. The predicted octanol–water partition coefficient (Wildman–Crippen LogP) is 2.11. The molecule has 0 spiro atoms. The molecule has 0 unspecified atom stereocenters. The molecule has 0 bridgehead atoms.